The number of para-hydroxylation sites is 1. The Labute approximate surface area is 166 Å². The van der Waals surface area contributed by atoms with E-state index in [4.69, 9.17) is 11.5 Å². The van der Waals surface area contributed by atoms with E-state index in [0.717, 1.165) is 29.1 Å². The molecule has 0 saturated carbocycles. The molecule has 28 heavy (non-hydrogen) atoms. The first-order valence-corrected chi connectivity index (χ1v) is 9.59. The Morgan fingerprint density at radius 3 is 2.57 bits per heavy atom. The number of aromatic nitrogens is 2. The Hall–Kier alpha value is -2.94. The van der Waals surface area contributed by atoms with Crippen molar-refractivity contribution in [3.8, 4) is 18.0 Å². The molecule has 0 spiro atoms. The van der Waals surface area contributed by atoms with E-state index in [0.29, 0.717) is 25.8 Å². The fourth-order valence-electron chi connectivity index (χ4n) is 3.43. The van der Waals surface area contributed by atoms with E-state index in [-0.39, 0.29) is 5.91 Å². The van der Waals surface area contributed by atoms with Crippen LogP contribution in [0.4, 0.5) is 0 Å². The monoisotopic (exact) mass is 377 g/mol. The van der Waals surface area contributed by atoms with Gasteiger partial charge in [0.15, 0.2) is 5.66 Å². The molecule has 1 amide bonds. The highest BCUT2D eigenvalue weighted by molar-refractivity contribution is 5.76. The predicted octanol–water partition coefficient (Wildman–Crippen LogP) is 4.11. The molecule has 1 aromatic heterocycles. The van der Waals surface area contributed by atoms with Crippen LogP contribution in [0.25, 0.3) is 5.69 Å². The van der Waals surface area contributed by atoms with Gasteiger partial charge in [0.1, 0.15) is 0 Å². The van der Waals surface area contributed by atoms with Crippen LogP contribution in [0.1, 0.15) is 48.2 Å². The van der Waals surface area contributed by atoms with Crippen LogP contribution < -0.4 is 0 Å². The van der Waals surface area contributed by atoms with Crippen LogP contribution >= 0.6 is 0 Å². The molecule has 2 aromatic rings. The highest BCUT2D eigenvalue weighted by atomic mass is 16.2. The summed E-state index contributed by atoms with van der Waals surface area (Å²) in [6.45, 7) is 6.65. The summed E-state index contributed by atoms with van der Waals surface area (Å²) in [5, 5.41) is 12.9. The zero-order valence-electron chi connectivity index (χ0n) is 17.1. The Morgan fingerprint density at radius 2 is 1.93 bits per heavy atom. The summed E-state index contributed by atoms with van der Waals surface area (Å²) in [7, 11) is 1.83. The third-order valence-corrected chi connectivity index (χ3v) is 5.40. The van der Waals surface area contributed by atoms with E-state index in [1.54, 1.807) is 4.90 Å². The van der Waals surface area contributed by atoms with Gasteiger partial charge in [0.25, 0.3) is 0 Å². The first-order valence-electron chi connectivity index (χ1n) is 9.59. The van der Waals surface area contributed by atoms with Crippen LogP contribution in [0, 0.1) is 33.1 Å². The van der Waals surface area contributed by atoms with Gasteiger partial charge in [-0.1, -0.05) is 18.2 Å². The molecule has 3 rings (SSSR count). The number of nitrogens with zero attached hydrogens (tertiary/aromatic N) is 5. The molecule has 0 saturated heterocycles. The van der Waals surface area contributed by atoms with Crippen molar-refractivity contribution in [2.45, 2.75) is 58.7 Å². The van der Waals surface area contributed by atoms with E-state index >= 15 is 0 Å². The van der Waals surface area contributed by atoms with Crippen molar-refractivity contribution >= 4 is 5.91 Å². The maximum absolute atomic E-state index is 12.6. The van der Waals surface area contributed by atoms with Gasteiger partial charge in [0, 0.05) is 50.5 Å². The molecule has 0 radical (unpaired) electrons. The molecule has 1 aliphatic rings. The van der Waals surface area contributed by atoms with Crippen LogP contribution in [0.5, 0.6) is 0 Å². The SMILES string of the molecule is C#CCCC1(CCC(=O)N(C)Cc2c(C)nn(-c3ccccc3C)c2C)N=N1. The van der Waals surface area contributed by atoms with Gasteiger partial charge in [0.2, 0.25) is 5.91 Å². The lowest BCUT2D eigenvalue weighted by Crippen LogP contribution is -2.28. The Balaban J connectivity index is 1.66. The van der Waals surface area contributed by atoms with Gasteiger partial charge in [-0.3, -0.25) is 4.79 Å². The summed E-state index contributed by atoms with van der Waals surface area (Å²) in [5.41, 5.74) is 4.91. The lowest BCUT2D eigenvalue weighted by Gasteiger charge is -2.18. The average molecular weight is 377 g/mol. The van der Waals surface area contributed by atoms with Crippen LogP contribution in [0.15, 0.2) is 34.5 Å². The van der Waals surface area contributed by atoms with Gasteiger partial charge >= 0.3 is 0 Å². The molecule has 0 N–H and O–H groups in total. The minimum absolute atomic E-state index is 0.0832. The Morgan fingerprint density at radius 1 is 1.21 bits per heavy atom. The number of rotatable bonds is 8. The molecule has 1 aromatic carbocycles. The second kappa shape index (κ2) is 7.97. The zero-order valence-corrected chi connectivity index (χ0v) is 17.1. The van der Waals surface area contributed by atoms with Crippen molar-refractivity contribution in [2.24, 2.45) is 10.2 Å². The molecule has 0 fully saturated rings. The topological polar surface area (TPSA) is 62.9 Å². The van der Waals surface area contributed by atoms with Crippen molar-refractivity contribution in [1.29, 1.82) is 0 Å². The molecule has 6 nitrogen and oxygen atoms in total. The number of benzene rings is 1. The predicted molar refractivity (Wildman–Crippen MR) is 109 cm³/mol. The van der Waals surface area contributed by atoms with Gasteiger partial charge < -0.3 is 4.90 Å². The number of carbonyl (C=O) groups excluding carboxylic acids is 1. The van der Waals surface area contributed by atoms with E-state index in [9.17, 15) is 4.79 Å². The molecular weight excluding hydrogens is 350 g/mol. The molecule has 0 unspecified atom stereocenters. The summed E-state index contributed by atoms with van der Waals surface area (Å²) in [4.78, 5) is 14.4. The second-order valence-electron chi connectivity index (χ2n) is 7.48. The summed E-state index contributed by atoms with van der Waals surface area (Å²) >= 11 is 0. The van der Waals surface area contributed by atoms with Gasteiger partial charge in [-0.15, -0.1) is 12.3 Å². The smallest absolute Gasteiger partial charge is 0.222 e. The second-order valence-corrected chi connectivity index (χ2v) is 7.48. The molecule has 6 heteroatoms. The van der Waals surface area contributed by atoms with Crippen LogP contribution in [0.3, 0.4) is 0 Å². The van der Waals surface area contributed by atoms with Crippen molar-refractivity contribution in [1.82, 2.24) is 14.7 Å². The summed E-state index contributed by atoms with van der Waals surface area (Å²) < 4.78 is 1.97. The summed E-state index contributed by atoms with van der Waals surface area (Å²) in [5.74, 6) is 2.70. The van der Waals surface area contributed by atoms with E-state index in [2.05, 4.69) is 42.1 Å². The first kappa shape index (κ1) is 19.8. The lowest BCUT2D eigenvalue weighted by atomic mass is 10.0. The average Bonchev–Trinajstić information content (AvgIpc) is 3.41. The normalized spacial score (nSPS) is 14.0. The zero-order chi connectivity index (χ0) is 20.3. The number of hydrogen-bond donors (Lipinski definition) is 0. The molecule has 146 valence electrons. The van der Waals surface area contributed by atoms with Crippen molar-refractivity contribution in [3.63, 3.8) is 0 Å². The number of aryl methyl sites for hydroxylation is 2. The standard InChI is InChI=1S/C22H27N5O/c1-6-7-13-22(24-25-22)14-12-21(28)26(5)15-19-17(3)23-27(18(19)4)20-11-9-8-10-16(20)2/h1,8-11H,7,12-15H2,2-5H3. The largest absolute Gasteiger partial charge is 0.341 e. The quantitative estimate of drug-likeness (QED) is 0.650. The maximum atomic E-state index is 12.6. The van der Waals surface area contributed by atoms with Gasteiger partial charge in [-0.05, 0) is 32.4 Å². The lowest BCUT2D eigenvalue weighted by molar-refractivity contribution is -0.130. The fraction of sp³-hybridized carbons (Fsp3) is 0.455. The maximum Gasteiger partial charge on any atom is 0.222 e. The summed E-state index contributed by atoms with van der Waals surface area (Å²) in [6, 6.07) is 8.17. The molecule has 0 aliphatic carbocycles. The van der Waals surface area contributed by atoms with Gasteiger partial charge in [0.05, 0.1) is 11.4 Å². The molecular formula is C22H27N5O. The molecule has 0 atom stereocenters. The number of hydrogen-bond acceptors (Lipinski definition) is 4. The van der Waals surface area contributed by atoms with Crippen LogP contribution in [-0.4, -0.2) is 33.3 Å². The number of carbonyl (C=O) groups is 1. The number of terminal acetylenes is 1. The van der Waals surface area contributed by atoms with Crippen LogP contribution in [-0.2, 0) is 11.3 Å². The van der Waals surface area contributed by atoms with Gasteiger partial charge in [-0.25, -0.2) is 4.68 Å². The Bertz CT molecular complexity index is 944. The van der Waals surface area contributed by atoms with Gasteiger partial charge in [-0.2, -0.15) is 15.3 Å². The van der Waals surface area contributed by atoms with E-state index in [1.165, 1.54) is 5.56 Å². The minimum atomic E-state index is -0.412. The van der Waals surface area contributed by atoms with E-state index < -0.39 is 5.66 Å². The highest BCUT2D eigenvalue weighted by Gasteiger charge is 2.39. The fourth-order valence-corrected chi connectivity index (χ4v) is 3.43. The molecule has 1 aliphatic heterocycles. The van der Waals surface area contributed by atoms with Crippen molar-refractivity contribution < 1.29 is 4.79 Å². The van der Waals surface area contributed by atoms with Crippen molar-refractivity contribution in [3.05, 3.63) is 46.8 Å². The molecule has 0 bridgehead atoms. The highest BCUT2D eigenvalue weighted by Crippen LogP contribution is 2.37. The Kier molecular flexibility index (Phi) is 5.64. The van der Waals surface area contributed by atoms with Crippen LogP contribution in [0.2, 0.25) is 0 Å². The van der Waals surface area contributed by atoms with Crippen molar-refractivity contribution in [2.75, 3.05) is 7.05 Å². The third-order valence-electron chi connectivity index (χ3n) is 5.40. The molecule has 2 heterocycles. The summed E-state index contributed by atoms with van der Waals surface area (Å²) in [6.07, 6.45) is 7.71. The first-order chi connectivity index (χ1) is 13.4. The number of amides is 1. The minimum Gasteiger partial charge on any atom is -0.341 e. The third kappa shape index (κ3) is 4.14. The van der Waals surface area contributed by atoms with E-state index in [1.807, 2.05) is 30.8 Å².